The van der Waals surface area contributed by atoms with Crippen LogP contribution in [0.3, 0.4) is 0 Å². The zero-order valence-electron chi connectivity index (χ0n) is 11.6. The highest BCUT2D eigenvalue weighted by molar-refractivity contribution is 5.81. The summed E-state index contributed by atoms with van der Waals surface area (Å²) in [7, 11) is 0. The Hall–Kier alpha value is -2.17. The number of fused-ring (bicyclic) bond motifs is 1. The lowest BCUT2D eigenvalue weighted by Crippen LogP contribution is -2.29. The molecule has 0 amide bonds. The van der Waals surface area contributed by atoms with E-state index >= 15 is 0 Å². The standard InChI is InChI=1S/C16H17N3O/c1-10-5-3-6-12-9-14(20-16(10)12)15(19-17)13-7-4-8-18-11(13)2/h3-9,15,19H,17H2,1-2H3. The fraction of sp³-hybridized carbons (Fsp3) is 0.188. The van der Waals surface area contributed by atoms with Gasteiger partial charge >= 0.3 is 0 Å². The van der Waals surface area contributed by atoms with Crippen LogP contribution in [0.1, 0.15) is 28.6 Å². The highest BCUT2D eigenvalue weighted by Gasteiger charge is 2.19. The van der Waals surface area contributed by atoms with E-state index in [1.54, 1.807) is 6.20 Å². The van der Waals surface area contributed by atoms with Gasteiger partial charge in [-0.3, -0.25) is 10.8 Å². The molecule has 0 radical (unpaired) electrons. The maximum atomic E-state index is 5.99. The molecule has 0 aliphatic heterocycles. The highest BCUT2D eigenvalue weighted by Crippen LogP contribution is 2.30. The molecule has 1 unspecified atom stereocenters. The molecule has 0 spiro atoms. The predicted octanol–water partition coefficient (Wildman–Crippen LogP) is 3.00. The molecule has 3 rings (SSSR count). The maximum absolute atomic E-state index is 5.99. The van der Waals surface area contributed by atoms with E-state index in [4.69, 9.17) is 10.3 Å². The lowest BCUT2D eigenvalue weighted by molar-refractivity contribution is 0.474. The van der Waals surface area contributed by atoms with Gasteiger partial charge in [-0.25, -0.2) is 5.43 Å². The average Bonchev–Trinajstić information content (AvgIpc) is 2.87. The normalized spacial score (nSPS) is 12.8. The molecular formula is C16H17N3O. The molecule has 0 bridgehead atoms. The van der Waals surface area contributed by atoms with Crippen LogP contribution < -0.4 is 11.3 Å². The number of furan rings is 1. The van der Waals surface area contributed by atoms with Gasteiger partial charge in [0.05, 0.1) is 0 Å². The Morgan fingerprint density at radius 2 is 2.05 bits per heavy atom. The van der Waals surface area contributed by atoms with Crippen molar-refractivity contribution in [3.05, 3.63) is 65.2 Å². The van der Waals surface area contributed by atoms with Crippen LogP contribution in [0.4, 0.5) is 0 Å². The molecule has 0 saturated carbocycles. The van der Waals surface area contributed by atoms with Crippen LogP contribution >= 0.6 is 0 Å². The third-order valence-electron chi connectivity index (χ3n) is 3.57. The van der Waals surface area contributed by atoms with Crippen molar-refractivity contribution < 1.29 is 4.42 Å². The molecule has 20 heavy (non-hydrogen) atoms. The van der Waals surface area contributed by atoms with Crippen molar-refractivity contribution in [1.29, 1.82) is 0 Å². The third kappa shape index (κ3) is 2.09. The summed E-state index contributed by atoms with van der Waals surface area (Å²) in [5.74, 6) is 6.53. The van der Waals surface area contributed by atoms with Crippen LogP contribution in [0.5, 0.6) is 0 Å². The topological polar surface area (TPSA) is 64.1 Å². The molecule has 4 nitrogen and oxygen atoms in total. The largest absolute Gasteiger partial charge is 0.459 e. The van der Waals surface area contributed by atoms with Crippen LogP contribution in [-0.4, -0.2) is 4.98 Å². The highest BCUT2D eigenvalue weighted by atomic mass is 16.3. The third-order valence-corrected chi connectivity index (χ3v) is 3.57. The molecule has 0 aliphatic rings. The van der Waals surface area contributed by atoms with E-state index in [9.17, 15) is 0 Å². The Labute approximate surface area is 117 Å². The van der Waals surface area contributed by atoms with E-state index in [2.05, 4.69) is 10.4 Å². The second kappa shape index (κ2) is 5.07. The van der Waals surface area contributed by atoms with Crippen molar-refractivity contribution in [2.24, 2.45) is 5.84 Å². The zero-order chi connectivity index (χ0) is 14.1. The fourth-order valence-electron chi connectivity index (χ4n) is 2.50. The van der Waals surface area contributed by atoms with Crippen LogP contribution in [0.15, 0.2) is 47.0 Å². The van der Waals surface area contributed by atoms with Gasteiger partial charge in [-0.05, 0) is 37.1 Å². The molecule has 102 valence electrons. The molecule has 3 N–H and O–H groups in total. The summed E-state index contributed by atoms with van der Waals surface area (Å²) in [6, 6.07) is 11.8. The fourth-order valence-corrected chi connectivity index (χ4v) is 2.50. The van der Waals surface area contributed by atoms with Gasteiger partial charge in [0.2, 0.25) is 0 Å². The molecular weight excluding hydrogens is 250 g/mol. The molecule has 0 saturated heterocycles. The van der Waals surface area contributed by atoms with Crippen molar-refractivity contribution in [3.8, 4) is 0 Å². The van der Waals surface area contributed by atoms with Crippen molar-refractivity contribution in [2.75, 3.05) is 0 Å². The number of hydrogen-bond donors (Lipinski definition) is 2. The summed E-state index contributed by atoms with van der Waals surface area (Å²) < 4.78 is 5.99. The molecule has 2 heterocycles. The van der Waals surface area contributed by atoms with E-state index in [0.717, 1.165) is 33.6 Å². The Bertz CT molecular complexity index is 748. The lowest BCUT2D eigenvalue weighted by Gasteiger charge is -2.15. The SMILES string of the molecule is Cc1ncccc1C(NN)c1cc2cccc(C)c2o1. The van der Waals surface area contributed by atoms with Crippen molar-refractivity contribution >= 4 is 11.0 Å². The van der Waals surface area contributed by atoms with Gasteiger partial charge in [0.15, 0.2) is 0 Å². The summed E-state index contributed by atoms with van der Waals surface area (Å²) in [4.78, 5) is 4.31. The molecule has 1 atom stereocenters. The minimum atomic E-state index is -0.199. The molecule has 3 aromatic rings. The van der Waals surface area contributed by atoms with Gasteiger partial charge in [-0.15, -0.1) is 0 Å². The van der Waals surface area contributed by atoms with E-state index in [-0.39, 0.29) is 6.04 Å². The average molecular weight is 267 g/mol. The molecule has 4 heteroatoms. The number of nitrogens with one attached hydrogen (secondary N) is 1. The zero-order valence-corrected chi connectivity index (χ0v) is 11.6. The number of aromatic nitrogens is 1. The Morgan fingerprint density at radius 3 is 2.75 bits per heavy atom. The maximum Gasteiger partial charge on any atom is 0.137 e. The Morgan fingerprint density at radius 1 is 1.20 bits per heavy atom. The summed E-state index contributed by atoms with van der Waals surface area (Å²) in [5.41, 5.74) is 6.80. The number of rotatable bonds is 3. The number of benzene rings is 1. The van der Waals surface area contributed by atoms with Crippen molar-refractivity contribution in [2.45, 2.75) is 19.9 Å². The van der Waals surface area contributed by atoms with E-state index in [1.165, 1.54) is 0 Å². The first-order valence-corrected chi connectivity index (χ1v) is 6.57. The molecule has 2 aromatic heterocycles. The number of hydrogen-bond acceptors (Lipinski definition) is 4. The van der Waals surface area contributed by atoms with Crippen LogP contribution in [0.2, 0.25) is 0 Å². The Balaban J connectivity index is 2.12. The molecule has 1 aromatic carbocycles. The summed E-state index contributed by atoms with van der Waals surface area (Å²) in [6.45, 7) is 4.00. The number of para-hydroxylation sites is 1. The monoisotopic (exact) mass is 267 g/mol. The van der Waals surface area contributed by atoms with E-state index in [1.807, 2.05) is 50.2 Å². The van der Waals surface area contributed by atoms with Gasteiger partial charge in [0.25, 0.3) is 0 Å². The van der Waals surface area contributed by atoms with E-state index in [0.29, 0.717) is 0 Å². The van der Waals surface area contributed by atoms with Gasteiger partial charge in [-0.2, -0.15) is 0 Å². The van der Waals surface area contributed by atoms with Crippen LogP contribution in [0, 0.1) is 13.8 Å². The Kier molecular flexibility index (Phi) is 3.26. The van der Waals surface area contributed by atoms with Crippen molar-refractivity contribution in [3.63, 3.8) is 0 Å². The van der Waals surface area contributed by atoms with E-state index < -0.39 is 0 Å². The first-order valence-electron chi connectivity index (χ1n) is 6.57. The summed E-state index contributed by atoms with van der Waals surface area (Å²) in [5, 5.41) is 1.08. The smallest absolute Gasteiger partial charge is 0.137 e. The predicted molar refractivity (Wildman–Crippen MR) is 79.1 cm³/mol. The van der Waals surface area contributed by atoms with Gasteiger partial charge in [0, 0.05) is 17.3 Å². The number of pyridine rings is 1. The van der Waals surface area contributed by atoms with Gasteiger partial charge in [0.1, 0.15) is 17.4 Å². The van der Waals surface area contributed by atoms with Crippen molar-refractivity contribution in [1.82, 2.24) is 10.4 Å². The van der Waals surface area contributed by atoms with Gasteiger partial charge in [-0.1, -0.05) is 24.3 Å². The number of hydrazine groups is 1. The molecule has 0 aliphatic carbocycles. The number of nitrogens with two attached hydrogens (primary N) is 1. The summed E-state index contributed by atoms with van der Waals surface area (Å²) >= 11 is 0. The first kappa shape index (κ1) is 12.8. The quantitative estimate of drug-likeness (QED) is 0.565. The second-order valence-electron chi connectivity index (χ2n) is 4.92. The van der Waals surface area contributed by atoms with Gasteiger partial charge < -0.3 is 4.42 Å². The second-order valence-corrected chi connectivity index (χ2v) is 4.92. The number of nitrogens with zero attached hydrogens (tertiary/aromatic N) is 1. The number of aryl methyl sites for hydroxylation is 2. The van der Waals surface area contributed by atoms with Crippen LogP contribution in [-0.2, 0) is 0 Å². The minimum Gasteiger partial charge on any atom is -0.459 e. The minimum absolute atomic E-state index is 0.199. The lowest BCUT2D eigenvalue weighted by atomic mass is 10.0. The molecule has 0 fully saturated rings. The summed E-state index contributed by atoms with van der Waals surface area (Å²) in [6.07, 6.45) is 1.77. The first-order chi connectivity index (χ1) is 9.70. The van der Waals surface area contributed by atoms with Crippen LogP contribution in [0.25, 0.3) is 11.0 Å².